The number of rotatable bonds is 5. The van der Waals surface area contributed by atoms with Gasteiger partial charge in [-0.1, -0.05) is 6.07 Å². The zero-order valence-electron chi connectivity index (χ0n) is 16.1. The Morgan fingerprint density at radius 1 is 1.14 bits per heavy atom. The van der Waals surface area contributed by atoms with Crippen LogP contribution in [0.15, 0.2) is 30.5 Å². The Balaban J connectivity index is 1.62. The first-order valence-electron chi connectivity index (χ1n) is 9.27. The highest BCUT2D eigenvalue weighted by atomic mass is 16.6. The summed E-state index contributed by atoms with van der Waals surface area (Å²) in [7, 11) is 0. The molecule has 1 N–H and O–H groups in total. The van der Waals surface area contributed by atoms with Gasteiger partial charge >= 0.3 is 6.09 Å². The number of nitrogens with zero attached hydrogens (tertiary/aromatic N) is 5. The van der Waals surface area contributed by atoms with Crippen LogP contribution in [0.4, 0.5) is 10.6 Å². The molecule has 0 saturated carbocycles. The Morgan fingerprint density at radius 3 is 2.57 bits per heavy atom. The minimum absolute atomic E-state index is 0.171. The van der Waals surface area contributed by atoms with Gasteiger partial charge in [0.05, 0.1) is 18.8 Å². The van der Waals surface area contributed by atoms with Crippen molar-refractivity contribution in [1.29, 1.82) is 0 Å². The first-order valence-corrected chi connectivity index (χ1v) is 9.27. The van der Waals surface area contributed by atoms with E-state index in [-0.39, 0.29) is 12.0 Å². The van der Waals surface area contributed by atoms with Crippen LogP contribution in [0.25, 0.3) is 0 Å². The van der Waals surface area contributed by atoms with E-state index in [4.69, 9.17) is 4.74 Å². The van der Waals surface area contributed by atoms with E-state index in [1.165, 1.54) is 0 Å². The zero-order chi connectivity index (χ0) is 19.9. The first-order chi connectivity index (χ1) is 13.6. The second-order valence-electron chi connectivity index (χ2n) is 6.34. The van der Waals surface area contributed by atoms with E-state index >= 15 is 0 Å². The minimum atomic E-state index is -0.339. The molecule has 0 bridgehead atoms. The smallest absolute Gasteiger partial charge is 0.409 e. The summed E-state index contributed by atoms with van der Waals surface area (Å²) >= 11 is 0. The molecule has 3 rings (SSSR count). The number of anilines is 1. The second kappa shape index (κ2) is 9.12. The van der Waals surface area contributed by atoms with Crippen LogP contribution in [0.1, 0.15) is 28.9 Å². The van der Waals surface area contributed by atoms with Crippen molar-refractivity contribution in [2.45, 2.75) is 20.4 Å². The fourth-order valence-electron chi connectivity index (χ4n) is 2.92. The van der Waals surface area contributed by atoms with Crippen molar-refractivity contribution in [3.63, 3.8) is 0 Å². The number of aromatic nitrogens is 3. The van der Waals surface area contributed by atoms with Crippen LogP contribution in [-0.2, 0) is 11.3 Å². The van der Waals surface area contributed by atoms with Gasteiger partial charge in [0.15, 0.2) is 0 Å². The van der Waals surface area contributed by atoms with Gasteiger partial charge in [0.25, 0.3) is 5.91 Å². The Labute approximate surface area is 163 Å². The quantitative estimate of drug-likeness (QED) is 0.837. The molecule has 0 aliphatic carbocycles. The van der Waals surface area contributed by atoms with E-state index in [1.54, 1.807) is 35.9 Å². The molecule has 9 nitrogen and oxygen atoms in total. The molecule has 0 atom stereocenters. The number of aryl methyl sites for hydroxylation is 1. The third-order valence-electron chi connectivity index (χ3n) is 4.33. The lowest BCUT2D eigenvalue weighted by atomic mass is 10.2. The van der Waals surface area contributed by atoms with Crippen LogP contribution in [0.3, 0.4) is 0 Å². The largest absolute Gasteiger partial charge is 0.450 e. The maximum absolute atomic E-state index is 12.8. The van der Waals surface area contributed by atoms with Crippen molar-refractivity contribution in [2.75, 3.05) is 38.1 Å². The van der Waals surface area contributed by atoms with Crippen LogP contribution >= 0.6 is 0 Å². The molecule has 0 unspecified atom stereocenters. The third kappa shape index (κ3) is 4.93. The maximum atomic E-state index is 12.8. The minimum Gasteiger partial charge on any atom is -0.450 e. The molecule has 0 spiro atoms. The Kier molecular flexibility index (Phi) is 6.36. The Bertz CT molecular complexity index is 822. The highest BCUT2D eigenvalue weighted by molar-refractivity contribution is 5.93. The van der Waals surface area contributed by atoms with Crippen molar-refractivity contribution in [1.82, 2.24) is 24.8 Å². The number of carbonyl (C=O) groups excluding carboxylic acids is 2. The van der Waals surface area contributed by atoms with Gasteiger partial charge in [0, 0.05) is 38.4 Å². The van der Waals surface area contributed by atoms with Gasteiger partial charge in [0.2, 0.25) is 0 Å². The fraction of sp³-hybridized carbons (Fsp3) is 0.421. The lowest BCUT2D eigenvalue weighted by Gasteiger charge is -2.33. The predicted octanol–water partition coefficient (Wildman–Crippen LogP) is 1.71. The van der Waals surface area contributed by atoms with Crippen LogP contribution in [0.5, 0.6) is 0 Å². The van der Waals surface area contributed by atoms with Gasteiger partial charge in [-0.3, -0.25) is 9.78 Å². The van der Waals surface area contributed by atoms with Crippen molar-refractivity contribution in [3.8, 4) is 0 Å². The third-order valence-corrected chi connectivity index (χ3v) is 4.33. The molecule has 9 heteroatoms. The summed E-state index contributed by atoms with van der Waals surface area (Å²) in [5, 5.41) is 3.18. The summed E-state index contributed by atoms with van der Waals surface area (Å²) in [6, 6.07) is 7.34. The highest BCUT2D eigenvalue weighted by Crippen LogP contribution is 2.13. The van der Waals surface area contributed by atoms with E-state index in [2.05, 4.69) is 20.3 Å². The molecule has 148 valence electrons. The van der Waals surface area contributed by atoms with Gasteiger partial charge < -0.3 is 19.9 Å². The van der Waals surface area contributed by atoms with Crippen molar-refractivity contribution in [3.05, 3.63) is 47.7 Å². The topological polar surface area (TPSA) is 101 Å². The molecule has 2 aromatic heterocycles. The van der Waals surface area contributed by atoms with E-state index in [0.717, 1.165) is 5.69 Å². The average Bonchev–Trinajstić information content (AvgIpc) is 2.72. The SMILES string of the molecule is CCOC(=O)N1CCN(C(=O)c2cc(NCc3ccccn3)nc(C)n2)CC1. The zero-order valence-corrected chi connectivity index (χ0v) is 16.1. The molecule has 1 aliphatic rings. The van der Waals surface area contributed by atoms with Crippen LogP contribution in [0, 0.1) is 6.92 Å². The summed E-state index contributed by atoms with van der Waals surface area (Å²) in [5.74, 6) is 0.918. The number of hydrogen-bond donors (Lipinski definition) is 1. The number of piperazine rings is 1. The number of amides is 2. The number of ether oxygens (including phenoxy) is 1. The molecular formula is C19H24N6O3. The summed E-state index contributed by atoms with van der Waals surface area (Å²) in [5.41, 5.74) is 1.21. The van der Waals surface area contributed by atoms with E-state index in [1.807, 2.05) is 18.2 Å². The lowest BCUT2D eigenvalue weighted by Crippen LogP contribution is -2.50. The maximum Gasteiger partial charge on any atom is 0.409 e. The summed E-state index contributed by atoms with van der Waals surface area (Å²) in [4.78, 5) is 40.8. The number of hydrogen-bond acceptors (Lipinski definition) is 7. The molecule has 1 fully saturated rings. The van der Waals surface area contributed by atoms with E-state index in [0.29, 0.717) is 56.7 Å². The van der Waals surface area contributed by atoms with Gasteiger partial charge in [-0.15, -0.1) is 0 Å². The van der Waals surface area contributed by atoms with Gasteiger partial charge in [-0.2, -0.15) is 0 Å². The molecule has 2 aromatic rings. The van der Waals surface area contributed by atoms with Gasteiger partial charge in [-0.05, 0) is 26.0 Å². The lowest BCUT2D eigenvalue weighted by molar-refractivity contribution is 0.0565. The molecule has 0 aromatic carbocycles. The summed E-state index contributed by atoms with van der Waals surface area (Å²) < 4.78 is 5.01. The molecule has 0 radical (unpaired) electrons. The molecular weight excluding hydrogens is 360 g/mol. The normalized spacial score (nSPS) is 13.9. The highest BCUT2D eigenvalue weighted by Gasteiger charge is 2.26. The van der Waals surface area contributed by atoms with Gasteiger partial charge in [0.1, 0.15) is 17.3 Å². The van der Waals surface area contributed by atoms with Gasteiger partial charge in [-0.25, -0.2) is 14.8 Å². The molecule has 3 heterocycles. The van der Waals surface area contributed by atoms with Crippen LogP contribution in [0.2, 0.25) is 0 Å². The van der Waals surface area contributed by atoms with E-state index in [9.17, 15) is 9.59 Å². The molecule has 1 saturated heterocycles. The standard InChI is InChI=1S/C19H24N6O3/c1-3-28-19(27)25-10-8-24(9-11-25)18(26)16-12-17(23-14(2)22-16)21-13-15-6-4-5-7-20-15/h4-7,12H,3,8-11,13H2,1-2H3,(H,21,22,23). The molecule has 2 amide bonds. The van der Waals surface area contributed by atoms with Crippen molar-refractivity contribution in [2.24, 2.45) is 0 Å². The summed E-state index contributed by atoms with van der Waals surface area (Å²) in [6.07, 6.45) is 1.39. The monoisotopic (exact) mass is 384 g/mol. The van der Waals surface area contributed by atoms with Crippen molar-refractivity contribution >= 4 is 17.8 Å². The fourth-order valence-corrected chi connectivity index (χ4v) is 2.92. The molecule has 28 heavy (non-hydrogen) atoms. The van der Waals surface area contributed by atoms with Crippen LogP contribution in [-0.4, -0.2) is 69.5 Å². The molecule has 1 aliphatic heterocycles. The van der Waals surface area contributed by atoms with Crippen molar-refractivity contribution < 1.29 is 14.3 Å². The Hall–Kier alpha value is -3.23. The Morgan fingerprint density at radius 2 is 1.89 bits per heavy atom. The predicted molar refractivity (Wildman–Crippen MR) is 103 cm³/mol. The number of pyridine rings is 1. The van der Waals surface area contributed by atoms with Crippen LogP contribution < -0.4 is 5.32 Å². The number of nitrogens with one attached hydrogen (secondary N) is 1. The average molecular weight is 384 g/mol. The first kappa shape index (κ1) is 19.5. The summed E-state index contributed by atoms with van der Waals surface area (Å²) in [6.45, 7) is 6.14. The van der Waals surface area contributed by atoms with E-state index < -0.39 is 0 Å². The second-order valence-corrected chi connectivity index (χ2v) is 6.34. The number of carbonyl (C=O) groups is 2.